The number of aromatic nitrogens is 2. The van der Waals surface area contributed by atoms with E-state index in [-0.39, 0.29) is 5.91 Å². The molecule has 0 atom stereocenters. The maximum atomic E-state index is 12.4. The van der Waals surface area contributed by atoms with Crippen LogP contribution in [0.5, 0.6) is 0 Å². The Morgan fingerprint density at radius 2 is 2.00 bits per heavy atom. The van der Waals surface area contributed by atoms with Crippen molar-refractivity contribution in [3.8, 4) is 17.5 Å². The molecule has 1 aromatic carbocycles. The van der Waals surface area contributed by atoms with Crippen molar-refractivity contribution in [1.82, 2.24) is 10.2 Å². The first-order valence-electron chi connectivity index (χ1n) is 9.93. The van der Waals surface area contributed by atoms with Crippen molar-refractivity contribution in [2.45, 2.75) is 51.2 Å². The fraction of sp³-hybridized carbons (Fsp3) is 0.364. The zero-order chi connectivity index (χ0) is 21.1. The lowest BCUT2D eigenvalue weighted by Crippen LogP contribution is -2.12. The minimum Gasteiger partial charge on any atom is -0.411 e. The summed E-state index contributed by atoms with van der Waals surface area (Å²) < 4.78 is 5.74. The highest BCUT2D eigenvalue weighted by Gasteiger charge is 2.21. The molecule has 0 bridgehead atoms. The maximum absolute atomic E-state index is 12.4. The molecule has 30 heavy (non-hydrogen) atoms. The Bertz CT molecular complexity index is 1110. The van der Waals surface area contributed by atoms with E-state index in [1.54, 1.807) is 11.3 Å². The van der Waals surface area contributed by atoms with Crippen LogP contribution in [-0.2, 0) is 17.6 Å². The van der Waals surface area contributed by atoms with Gasteiger partial charge in [-0.15, -0.1) is 21.5 Å². The topological polar surface area (TPSA) is 91.8 Å². The lowest BCUT2D eigenvalue weighted by atomic mass is 9.96. The van der Waals surface area contributed by atoms with Crippen LogP contribution in [0.25, 0.3) is 11.5 Å². The van der Waals surface area contributed by atoms with E-state index in [1.165, 1.54) is 16.6 Å². The molecule has 2 heterocycles. The van der Waals surface area contributed by atoms with Crippen molar-refractivity contribution < 1.29 is 9.21 Å². The van der Waals surface area contributed by atoms with E-state index in [0.29, 0.717) is 33.9 Å². The smallest absolute Gasteiger partial charge is 0.276 e. The van der Waals surface area contributed by atoms with Crippen molar-refractivity contribution in [2.75, 3.05) is 11.1 Å². The van der Waals surface area contributed by atoms with Gasteiger partial charge in [0.05, 0.1) is 5.56 Å². The molecule has 0 fully saturated rings. The molecular weight excluding hydrogens is 416 g/mol. The number of fused-ring (bicyclic) bond motifs is 1. The van der Waals surface area contributed by atoms with Gasteiger partial charge >= 0.3 is 0 Å². The fourth-order valence-electron chi connectivity index (χ4n) is 3.68. The van der Waals surface area contributed by atoms with Crippen LogP contribution >= 0.6 is 23.1 Å². The number of nitriles is 1. The third-order valence-corrected chi connectivity index (χ3v) is 6.99. The first-order chi connectivity index (χ1) is 14.5. The summed E-state index contributed by atoms with van der Waals surface area (Å²) >= 11 is 2.90. The van der Waals surface area contributed by atoms with Crippen LogP contribution in [0.15, 0.2) is 27.8 Å². The summed E-state index contributed by atoms with van der Waals surface area (Å²) in [7, 11) is 0. The minimum atomic E-state index is -0.105. The second-order valence-electron chi connectivity index (χ2n) is 7.42. The lowest BCUT2D eigenvalue weighted by Gasteiger charge is -2.09. The number of nitrogens with one attached hydrogen (secondary N) is 1. The van der Waals surface area contributed by atoms with Gasteiger partial charge in [0.25, 0.3) is 5.22 Å². The van der Waals surface area contributed by atoms with Crippen molar-refractivity contribution in [1.29, 1.82) is 5.26 Å². The number of nitrogens with zero attached hydrogens (tertiary/aromatic N) is 3. The van der Waals surface area contributed by atoms with Crippen molar-refractivity contribution in [3.05, 3.63) is 45.3 Å². The maximum Gasteiger partial charge on any atom is 0.276 e. The molecule has 0 saturated carbocycles. The lowest BCUT2D eigenvalue weighted by molar-refractivity contribution is -0.115. The summed E-state index contributed by atoms with van der Waals surface area (Å²) in [6, 6.07) is 8.39. The monoisotopic (exact) mass is 438 g/mol. The number of aryl methyl sites for hydroxylation is 3. The van der Waals surface area contributed by atoms with E-state index < -0.39 is 0 Å². The van der Waals surface area contributed by atoms with E-state index in [1.807, 2.05) is 26.0 Å². The molecule has 4 rings (SSSR count). The summed E-state index contributed by atoms with van der Waals surface area (Å²) in [6.07, 6.45) is 4.49. The molecular formula is C22H22N4O2S2. The van der Waals surface area contributed by atoms with Crippen LogP contribution in [0, 0.1) is 25.2 Å². The molecule has 1 aliphatic carbocycles. The summed E-state index contributed by atoms with van der Waals surface area (Å²) in [5, 5.41) is 21.8. The Morgan fingerprint density at radius 3 is 2.77 bits per heavy atom. The van der Waals surface area contributed by atoms with Crippen LogP contribution in [-0.4, -0.2) is 21.9 Å². The molecule has 1 aliphatic rings. The number of carbonyl (C=O) groups excluding carboxylic acids is 1. The van der Waals surface area contributed by atoms with Crippen molar-refractivity contribution in [3.63, 3.8) is 0 Å². The summed E-state index contributed by atoms with van der Waals surface area (Å²) in [4.78, 5) is 13.6. The van der Waals surface area contributed by atoms with Gasteiger partial charge in [-0.2, -0.15) is 5.26 Å². The molecule has 3 aromatic rings. The van der Waals surface area contributed by atoms with Gasteiger partial charge in [0.2, 0.25) is 11.8 Å². The third-order valence-electron chi connectivity index (χ3n) is 4.97. The number of thiophene rings is 1. The van der Waals surface area contributed by atoms with Crippen molar-refractivity contribution >= 4 is 34.0 Å². The normalized spacial score (nSPS) is 13.0. The number of benzene rings is 1. The Kier molecular flexibility index (Phi) is 6.21. The zero-order valence-electron chi connectivity index (χ0n) is 16.9. The highest BCUT2D eigenvalue weighted by atomic mass is 32.2. The number of rotatable bonds is 6. The first-order valence-corrected chi connectivity index (χ1v) is 11.7. The third kappa shape index (κ3) is 4.58. The Balaban J connectivity index is 1.33. The van der Waals surface area contributed by atoms with Gasteiger partial charge in [-0.1, -0.05) is 29.0 Å². The van der Waals surface area contributed by atoms with Gasteiger partial charge in [0.15, 0.2) is 0 Å². The Labute approximate surface area is 183 Å². The van der Waals surface area contributed by atoms with E-state index in [4.69, 9.17) is 4.42 Å². The van der Waals surface area contributed by atoms with Crippen LogP contribution < -0.4 is 5.32 Å². The van der Waals surface area contributed by atoms with E-state index >= 15 is 0 Å². The molecule has 2 aromatic heterocycles. The second-order valence-corrected chi connectivity index (χ2v) is 9.57. The van der Waals surface area contributed by atoms with Gasteiger partial charge in [-0.3, -0.25) is 4.79 Å². The molecule has 0 aliphatic heterocycles. The molecule has 0 unspecified atom stereocenters. The van der Waals surface area contributed by atoms with Gasteiger partial charge in [-0.25, -0.2) is 0 Å². The fourth-order valence-corrected chi connectivity index (χ4v) is 5.63. The minimum absolute atomic E-state index is 0.105. The van der Waals surface area contributed by atoms with Gasteiger partial charge in [0.1, 0.15) is 11.1 Å². The van der Waals surface area contributed by atoms with Crippen LogP contribution in [0.4, 0.5) is 5.00 Å². The first kappa shape index (κ1) is 20.6. The van der Waals surface area contributed by atoms with Crippen LogP contribution in [0.1, 0.15) is 46.4 Å². The van der Waals surface area contributed by atoms with Crippen LogP contribution in [0.2, 0.25) is 0 Å². The summed E-state index contributed by atoms with van der Waals surface area (Å²) in [5.41, 5.74) is 4.95. The van der Waals surface area contributed by atoms with E-state index in [2.05, 4.69) is 27.6 Å². The van der Waals surface area contributed by atoms with Gasteiger partial charge < -0.3 is 9.73 Å². The largest absolute Gasteiger partial charge is 0.411 e. The van der Waals surface area contributed by atoms with E-state index in [0.717, 1.165) is 47.9 Å². The number of hydrogen-bond acceptors (Lipinski definition) is 7. The molecule has 0 saturated heterocycles. The summed E-state index contributed by atoms with van der Waals surface area (Å²) in [5.74, 6) is 0.899. The SMILES string of the molecule is Cc1cc(C)cc(-c2nnc(SCCC(=O)Nc3sc4c(c3C#N)CCCC4)o2)c1. The molecule has 0 spiro atoms. The molecule has 0 radical (unpaired) electrons. The van der Waals surface area contributed by atoms with Gasteiger partial charge in [-0.05, 0) is 57.2 Å². The van der Waals surface area contributed by atoms with Gasteiger partial charge in [0, 0.05) is 22.6 Å². The predicted molar refractivity (Wildman–Crippen MR) is 119 cm³/mol. The average molecular weight is 439 g/mol. The molecule has 1 amide bonds. The highest BCUT2D eigenvalue weighted by molar-refractivity contribution is 7.99. The number of anilines is 1. The zero-order valence-corrected chi connectivity index (χ0v) is 18.6. The number of hydrogen-bond donors (Lipinski definition) is 1. The molecule has 6 nitrogen and oxygen atoms in total. The number of carbonyl (C=O) groups is 1. The Morgan fingerprint density at radius 1 is 1.23 bits per heavy atom. The quantitative estimate of drug-likeness (QED) is 0.526. The standard InChI is InChI=1S/C22H22N4O2S2/c1-13-9-14(2)11-15(10-13)20-25-26-22(28-20)29-8-7-19(27)24-21-17(12-23)16-5-3-4-6-18(16)30-21/h9-11H,3-8H2,1-2H3,(H,24,27). The highest BCUT2D eigenvalue weighted by Crippen LogP contribution is 2.37. The number of thioether (sulfide) groups is 1. The van der Waals surface area contributed by atoms with E-state index in [9.17, 15) is 10.1 Å². The molecule has 1 N–H and O–H groups in total. The summed E-state index contributed by atoms with van der Waals surface area (Å²) in [6.45, 7) is 4.06. The number of amides is 1. The molecule has 8 heteroatoms. The predicted octanol–water partition coefficient (Wildman–Crippen LogP) is 5.29. The van der Waals surface area contributed by atoms with Crippen LogP contribution in [0.3, 0.4) is 0 Å². The second kappa shape index (κ2) is 9.02. The Hall–Kier alpha value is -2.63. The van der Waals surface area contributed by atoms with Crippen molar-refractivity contribution in [2.24, 2.45) is 0 Å². The molecule has 154 valence electrons. The average Bonchev–Trinajstić information content (AvgIpc) is 3.31.